The molecule has 0 spiro atoms. The summed E-state index contributed by atoms with van der Waals surface area (Å²) in [4.78, 5) is 38.7. The first-order chi connectivity index (χ1) is 16.4. The van der Waals surface area contributed by atoms with Gasteiger partial charge in [-0.25, -0.2) is 9.69 Å². The van der Waals surface area contributed by atoms with Crippen molar-refractivity contribution >= 4 is 52.8 Å². The van der Waals surface area contributed by atoms with E-state index in [0.717, 1.165) is 10.5 Å². The quantitative estimate of drug-likeness (QED) is 0.372. The number of benzene rings is 3. The maximum atomic E-state index is 13.1. The fourth-order valence-electron chi connectivity index (χ4n) is 3.32. The van der Waals surface area contributed by atoms with Gasteiger partial charge in [0.15, 0.2) is 5.75 Å². The van der Waals surface area contributed by atoms with Crippen molar-refractivity contribution in [2.24, 2.45) is 0 Å². The molecule has 4 amide bonds. The van der Waals surface area contributed by atoms with Crippen molar-refractivity contribution in [1.82, 2.24) is 5.32 Å². The van der Waals surface area contributed by atoms with Gasteiger partial charge in [-0.3, -0.25) is 14.9 Å². The predicted molar refractivity (Wildman–Crippen MR) is 129 cm³/mol. The first-order valence-electron chi connectivity index (χ1n) is 10.1. The fraction of sp³-hybridized carbons (Fsp3) is 0.0800. The van der Waals surface area contributed by atoms with Gasteiger partial charge in [0.2, 0.25) is 0 Å². The third-order valence-electron chi connectivity index (χ3n) is 4.99. The van der Waals surface area contributed by atoms with Crippen LogP contribution in [0.5, 0.6) is 11.5 Å². The second-order valence-corrected chi connectivity index (χ2v) is 8.06. The van der Waals surface area contributed by atoms with Gasteiger partial charge in [-0.15, -0.1) is 0 Å². The number of amides is 4. The number of barbiturate groups is 1. The molecular formula is C25H18Cl2N2O5. The van der Waals surface area contributed by atoms with Gasteiger partial charge in [0.25, 0.3) is 11.8 Å². The molecule has 0 aliphatic carbocycles. The van der Waals surface area contributed by atoms with Gasteiger partial charge >= 0.3 is 6.03 Å². The maximum absolute atomic E-state index is 13.1. The number of nitrogens with one attached hydrogen (secondary N) is 1. The SMILES string of the molecule is COc1ccc(N2C(=O)NC(=O)/C(=C\c3cc(Cl)c(OCc4ccccc4)c(Cl)c3)C2=O)cc1. The number of carbonyl (C=O) groups excluding carboxylic acids is 3. The summed E-state index contributed by atoms with van der Waals surface area (Å²) in [6, 6.07) is 18.0. The third kappa shape index (κ3) is 4.90. The number of hydrogen-bond acceptors (Lipinski definition) is 5. The highest BCUT2D eigenvalue weighted by Gasteiger charge is 2.36. The Labute approximate surface area is 205 Å². The molecule has 7 nitrogen and oxygen atoms in total. The number of urea groups is 1. The van der Waals surface area contributed by atoms with Gasteiger partial charge in [-0.1, -0.05) is 53.5 Å². The van der Waals surface area contributed by atoms with E-state index in [1.807, 2.05) is 30.3 Å². The Balaban J connectivity index is 1.60. The van der Waals surface area contributed by atoms with Gasteiger partial charge in [0.05, 0.1) is 22.8 Å². The van der Waals surface area contributed by atoms with Crippen molar-refractivity contribution in [2.45, 2.75) is 6.61 Å². The minimum atomic E-state index is -0.849. The van der Waals surface area contributed by atoms with E-state index >= 15 is 0 Å². The Morgan fingerprint density at radius 3 is 2.21 bits per heavy atom. The number of methoxy groups -OCH3 is 1. The molecule has 0 bridgehead atoms. The van der Waals surface area contributed by atoms with Crippen LogP contribution in [-0.4, -0.2) is 25.0 Å². The van der Waals surface area contributed by atoms with E-state index in [0.29, 0.717) is 11.3 Å². The Morgan fingerprint density at radius 2 is 1.59 bits per heavy atom. The van der Waals surface area contributed by atoms with Crippen LogP contribution >= 0.6 is 23.2 Å². The Bertz CT molecular complexity index is 1270. The molecule has 4 rings (SSSR count). The molecule has 0 unspecified atom stereocenters. The highest BCUT2D eigenvalue weighted by atomic mass is 35.5. The Morgan fingerprint density at radius 1 is 0.941 bits per heavy atom. The monoisotopic (exact) mass is 496 g/mol. The first kappa shape index (κ1) is 23.4. The van der Waals surface area contributed by atoms with Crippen molar-refractivity contribution in [3.05, 3.63) is 93.5 Å². The van der Waals surface area contributed by atoms with Crippen LogP contribution in [0.3, 0.4) is 0 Å². The fourth-order valence-corrected chi connectivity index (χ4v) is 3.93. The molecule has 1 heterocycles. The largest absolute Gasteiger partial charge is 0.497 e. The zero-order chi connectivity index (χ0) is 24.2. The van der Waals surface area contributed by atoms with Crippen LogP contribution < -0.4 is 19.7 Å². The average Bonchev–Trinajstić information content (AvgIpc) is 2.82. The number of carbonyl (C=O) groups is 3. The van der Waals surface area contributed by atoms with Gasteiger partial charge in [0.1, 0.15) is 17.9 Å². The minimum Gasteiger partial charge on any atom is -0.497 e. The molecule has 3 aromatic rings. The Kier molecular flexibility index (Phi) is 6.86. The summed E-state index contributed by atoms with van der Waals surface area (Å²) >= 11 is 12.7. The number of rotatable bonds is 6. The first-order valence-corrected chi connectivity index (χ1v) is 10.8. The summed E-state index contributed by atoms with van der Waals surface area (Å²) in [5.41, 5.74) is 1.36. The summed E-state index contributed by atoms with van der Waals surface area (Å²) in [5, 5.41) is 2.59. The number of nitrogens with zero attached hydrogens (tertiary/aromatic N) is 1. The lowest BCUT2D eigenvalue weighted by Crippen LogP contribution is -2.54. The van der Waals surface area contributed by atoms with E-state index in [2.05, 4.69) is 5.32 Å². The van der Waals surface area contributed by atoms with Crippen molar-refractivity contribution < 1.29 is 23.9 Å². The number of imide groups is 2. The van der Waals surface area contributed by atoms with Crippen LogP contribution in [0.2, 0.25) is 10.0 Å². The average molecular weight is 497 g/mol. The van der Waals surface area contributed by atoms with Crippen LogP contribution in [0.1, 0.15) is 11.1 Å². The number of anilines is 1. The zero-order valence-electron chi connectivity index (χ0n) is 17.9. The minimum absolute atomic E-state index is 0.210. The molecule has 172 valence electrons. The molecule has 1 saturated heterocycles. The van der Waals surface area contributed by atoms with Gasteiger partial charge in [-0.2, -0.15) is 0 Å². The van der Waals surface area contributed by atoms with Crippen LogP contribution in [0.4, 0.5) is 10.5 Å². The molecule has 1 N–H and O–H groups in total. The second kappa shape index (κ2) is 9.99. The van der Waals surface area contributed by atoms with E-state index in [-0.39, 0.29) is 33.7 Å². The number of halogens is 2. The molecule has 34 heavy (non-hydrogen) atoms. The number of hydrogen-bond donors (Lipinski definition) is 1. The molecular weight excluding hydrogens is 479 g/mol. The van der Waals surface area contributed by atoms with Gasteiger partial charge in [0, 0.05) is 0 Å². The summed E-state index contributed by atoms with van der Waals surface area (Å²) in [6.07, 6.45) is 1.32. The highest BCUT2D eigenvalue weighted by molar-refractivity contribution is 6.40. The standard InChI is InChI=1S/C25H18Cl2N2O5/c1-33-18-9-7-17(8-10-18)29-24(31)19(23(30)28-25(29)32)11-16-12-20(26)22(21(27)13-16)34-14-15-5-3-2-4-6-15/h2-13H,14H2,1H3,(H,28,30,32)/b19-11+. The molecule has 1 aliphatic heterocycles. The Hall–Kier alpha value is -3.81. The lowest BCUT2D eigenvalue weighted by Gasteiger charge is -2.26. The molecule has 9 heteroatoms. The molecule has 1 fully saturated rings. The zero-order valence-corrected chi connectivity index (χ0v) is 19.4. The topological polar surface area (TPSA) is 84.9 Å². The van der Waals surface area contributed by atoms with E-state index < -0.39 is 17.8 Å². The summed E-state index contributed by atoms with van der Waals surface area (Å²) < 4.78 is 10.9. The second-order valence-electron chi connectivity index (χ2n) is 7.24. The lowest BCUT2D eigenvalue weighted by molar-refractivity contribution is -0.122. The smallest absolute Gasteiger partial charge is 0.335 e. The van der Waals surface area contributed by atoms with Crippen molar-refractivity contribution in [2.75, 3.05) is 12.0 Å². The molecule has 0 radical (unpaired) electrons. The van der Waals surface area contributed by atoms with E-state index in [1.54, 1.807) is 12.1 Å². The van der Waals surface area contributed by atoms with E-state index in [4.69, 9.17) is 32.7 Å². The van der Waals surface area contributed by atoms with Crippen molar-refractivity contribution in [1.29, 1.82) is 0 Å². The van der Waals surface area contributed by atoms with Crippen molar-refractivity contribution in [3.8, 4) is 11.5 Å². The summed E-state index contributed by atoms with van der Waals surface area (Å²) in [7, 11) is 1.50. The van der Waals surface area contributed by atoms with Gasteiger partial charge < -0.3 is 9.47 Å². The molecule has 1 aliphatic rings. The molecule has 0 atom stereocenters. The molecule has 0 saturated carbocycles. The van der Waals surface area contributed by atoms with Crippen LogP contribution in [-0.2, 0) is 16.2 Å². The van der Waals surface area contributed by atoms with Crippen molar-refractivity contribution in [3.63, 3.8) is 0 Å². The maximum Gasteiger partial charge on any atom is 0.335 e. The summed E-state index contributed by atoms with van der Waals surface area (Å²) in [6.45, 7) is 0.264. The predicted octanol–water partition coefficient (Wildman–Crippen LogP) is 5.25. The van der Waals surface area contributed by atoms with E-state index in [9.17, 15) is 14.4 Å². The highest BCUT2D eigenvalue weighted by Crippen LogP contribution is 2.36. The lowest BCUT2D eigenvalue weighted by atomic mass is 10.1. The van der Waals surface area contributed by atoms with E-state index in [1.165, 1.54) is 37.5 Å². The van der Waals surface area contributed by atoms with Gasteiger partial charge in [-0.05, 0) is 53.6 Å². The molecule has 3 aromatic carbocycles. The number of ether oxygens (including phenoxy) is 2. The summed E-state index contributed by atoms with van der Waals surface area (Å²) in [5.74, 6) is -0.768. The normalized spacial score (nSPS) is 14.9. The van der Waals surface area contributed by atoms with Crippen LogP contribution in [0, 0.1) is 0 Å². The third-order valence-corrected chi connectivity index (χ3v) is 5.55. The molecule has 0 aromatic heterocycles. The van der Waals surface area contributed by atoms with Crippen LogP contribution in [0.15, 0.2) is 72.3 Å². The van der Waals surface area contributed by atoms with Crippen LogP contribution in [0.25, 0.3) is 6.08 Å².